The van der Waals surface area contributed by atoms with Crippen LogP contribution in [0.1, 0.15) is 11.8 Å². The van der Waals surface area contributed by atoms with Gasteiger partial charge in [-0.15, -0.1) is 11.3 Å². The van der Waals surface area contributed by atoms with Gasteiger partial charge in [0.1, 0.15) is 0 Å². The van der Waals surface area contributed by atoms with Crippen molar-refractivity contribution in [2.75, 3.05) is 13.2 Å². The molecule has 12 heavy (non-hydrogen) atoms. The normalized spacial score (nSPS) is 11.9. The minimum absolute atomic E-state index is 0.00139. The number of hydrogen-bond donors (Lipinski definition) is 2. The summed E-state index contributed by atoms with van der Waals surface area (Å²) in [5.41, 5.74) is 1.34. The third-order valence-electron chi connectivity index (χ3n) is 1.85. The molecule has 68 valence electrons. The van der Waals surface area contributed by atoms with Crippen molar-refractivity contribution >= 4 is 11.3 Å². The van der Waals surface area contributed by atoms with E-state index in [2.05, 4.69) is 4.98 Å². The Morgan fingerprint density at radius 2 is 2.17 bits per heavy atom. The van der Waals surface area contributed by atoms with E-state index in [1.165, 1.54) is 0 Å². The average molecular weight is 187 g/mol. The van der Waals surface area contributed by atoms with Crippen LogP contribution in [-0.2, 0) is 6.42 Å². The minimum Gasteiger partial charge on any atom is -0.396 e. The van der Waals surface area contributed by atoms with Gasteiger partial charge in [-0.05, 0) is 6.42 Å². The SMILES string of the molecule is CC(CO)(CO)Cc1cncs1. The van der Waals surface area contributed by atoms with Gasteiger partial charge >= 0.3 is 0 Å². The van der Waals surface area contributed by atoms with E-state index in [1.54, 1.807) is 23.0 Å². The zero-order chi connectivity index (χ0) is 9.03. The van der Waals surface area contributed by atoms with Gasteiger partial charge in [-0.2, -0.15) is 0 Å². The molecule has 0 atom stereocenters. The van der Waals surface area contributed by atoms with Crippen molar-refractivity contribution in [1.82, 2.24) is 4.98 Å². The number of thiazole rings is 1. The second-order valence-electron chi connectivity index (χ2n) is 3.27. The third-order valence-corrected chi connectivity index (χ3v) is 2.63. The van der Waals surface area contributed by atoms with Crippen LogP contribution < -0.4 is 0 Å². The smallest absolute Gasteiger partial charge is 0.0794 e. The average Bonchev–Trinajstić information content (AvgIpc) is 2.57. The maximum absolute atomic E-state index is 9.01. The van der Waals surface area contributed by atoms with Crippen molar-refractivity contribution < 1.29 is 10.2 Å². The molecule has 1 rings (SSSR count). The van der Waals surface area contributed by atoms with Crippen LogP contribution in [0.5, 0.6) is 0 Å². The fourth-order valence-corrected chi connectivity index (χ4v) is 1.72. The first-order valence-corrected chi connectivity index (χ1v) is 4.67. The molecule has 0 saturated carbocycles. The molecule has 0 bridgehead atoms. The van der Waals surface area contributed by atoms with E-state index >= 15 is 0 Å². The number of rotatable bonds is 4. The zero-order valence-corrected chi connectivity index (χ0v) is 7.84. The molecule has 0 aromatic carbocycles. The lowest BCUT2D eigenvalue weighted by atomic mass is 9.88. The highest BCUT2D eigenvalue weighted by Crippen LogP contribution is 2.22. The molecule has 1 aromatic heterocycles. The summed E-state index contributed by atoms with van der Waals surface area (Å²) < 4.78 is 0. The van der Waals surface area contributed by atoms with Gasteiger partial charge in [-0.1, -0.05) is 6.92 Å². The molecule has 0 spiro atoms. The van der Waals surface area contributed by atoms with Gasteiger partial charge in [-0.3, -0.25) is 4.98 Å². The molecule has 2 N–H and O–H groups in total. The number of aromatic nitrogens is 1. The van der Waals surface area contributed by atoms with Gasteiger partial charge in [0.15, 0.2) is 0 Å². The molecule has 1 heterocycles. The Kier molecular flexibility index (Phi) is 3.20. The van der Waals surface area contributed by atoms with Crippen molar-refractivity contribution in [2.45, 2.75) is 13.3 Å². The van der Waals surface area contributed by atoms with Crippen LogP contribution in [0.3, 0.4) is 0 Å². The lowest BCUT2D eigenvalue weighted by Crippen LogP contribution is -2.28. The van der Waals surface area contributed by atoms with E-state index in [4.69, 9.17) is 10.2 Å². The summed E-state index contributed by atoms with van der Waals surface area (Å²) >= 11 is 1.55. The fraction of sp³-hybridized carbons (Fsp3) is 0.625. The van der Waals surface area contributed by atoms with Gasteiger partial charge in [0.25, 0.3) is 0 Å². The minimum atomic E-state index is -0.410. The largest absolute Gasteiger partial charge is 0.396 e. The highest BCUT2D eigenvalue weighted by atomic mass is 32.1. The van der Waals surface area contributed by atoms with E-state index in [1.807, 2.05) is 6.92 Å². The lowest BCUT2D eigenvalue weighted by Gasteiger charge is -2.23. The molecule has 0 saturated heterocycles. The summed E-state index contributed by atoms with van der Waals surface area (Å²) in [6.07, 6.45) is 2.46. The Morgan fingerprint density at radius 3 is 2.58 bits per heavy atom. The number of hydrogen-bond acceptors (Lipinski definition) is 4. The topological polar surface area (TPSA) is 53.4 Å². The predicted molar refractivity (Wildman–Crippen MR) is 48.1 cm³/mol. The van der Waals surface area contributed by atoms with Gasteiger partial charge in [0.05, 0.1) is 18.7 Å². The van der Waals surface area contributed by atoms with E-state index in [0.29, 0.717) is 6.42 Å². The number of aliphatic hydroxyl groups excluding tert-OH is 2. The molecule has 0 amide bonds. The van der Waals surface area contributed by atoms with Crippen LogP contribution in [0.4, 0.5) is 0 Å². The first kappa shape index (κ1) is 9.64. The van der Waals surface area contributed by atoms with Gasteiger partial charge in [0, 0.05) is 16.5 Å². The second kappa shape index (κ2) is 3.98. The summed E-state index contributed by atoms with van der Waals surface area (Å²) in [6.45, 7) is 1.86. The monoisotopic (exact) mass is 187 g/mol. The summed E-state index contributed by atoms with van der Waals surface area (Å²) in [4.78, 5) is 5.03. The van der Waals surface area contributed by atoms with Gasteiger partial charge < -0.3 is 10.2 Å². The van der Waals surface area contributed by atoms with Crippen molar-refractivity contribution in [3.05, 3.63) is 16.6 Å². The molecule has 0 aliphatic rings. The van der Waals surface area contributed by atoms with Crippen LogP contribution in [0.2, 0.25) is 0 Å². The van der Waals surface area contributed by atoms with Crippen LogP contribution in [0.25, 0.3) is 0 Å². The summed E-state index contributed by atoms with van der Waals surface area (Å²) in [5.74, 6) is 0. The molecule has 0 unspecified atom stereocenters. The van der Waals surface area contributed by atoms with Crippen molar-refractivity contribution in [3.8, 4) is 0 Å². The lowest BCUT2D eigenvalue weighted by molar-refractivity contribution is 0.0710. The molecule has 0 radical (unpaired) electrons. The van der Waals surface area contributed by atoms with E-state index < -0.39 is 5.41 Å². The maximum atomic E-state index is 9.01. The Morgan fingerprint density at radius 1 is 1.50 bits per heavy atom. The number of aliphatic hydroxyl groups is 2. The van der Waals surface area contributed by atoms with Gasteiger partial charge in [0.2, 0.25) is 0 Å². The van der Waals surface area contributed by atoms with E-state index in [9.17, 15) is 0 Å². The first-order valence-electron chi connectivity index (χ1n) is 3.79. The summed E-state index contributed by atoms with van der Waals surface area (Å²) in [5, 5.41) is 18.0. The van der Waals surface area contributed by atoms with Crippen molar-refractivity contribution in [2.24, 2.45) is 5.41 Å². The molecule has 3 nitrogen and oxygen atoms in total. The Labute approximate surface area is 75.7 Å². The summed E-state index contributed by atoms with van der Waals surface area (Å²) in [6, 6.07) is 0. The predicted octanol–water partition coefficient (Wildman–Crippen LogP) is 0.676. The third kappa shape index (κ3) is 2.27. The van der Waals surface area contributed by atoms with Crippen molar-refractivity contribution in [1.29, 1.82) is 0 Å². The first-order chi connectivity index (χ1) is 5.70. The van der Waals surface area contributed by atoms with Crippen LogP contribution >= 0.6 is 11.3 Å². The highest BCUT2D eigenvalue weighted by molar-refractivity contribution is 7.09. The van der Waals surface area contributed by atoms with Crippen LogP contribution in [0, 0.1) is 5.41 Å². The quantitative estimate of drug-likeness (QED) is 0.728. The molecular weight excluding hydrogens is 174 g/mol. The zero-order valence-electron chi connectivity index (χ0n) is 7.03. The van der Waals surface area contributed by atoms with Crippen LogP contribution in [-0.4, -0.2) is 28.4 Å². The fourth-order valence-electron chi connectivity index (χ4n) is 0.912. The Balaban J connectivity index is 2.60. The Bertz CT molecular complexity index is 219. The molecule has 0 aliphatic carbocycles. The van der Waals surface area contributed by atoms with Gasteiger partial charge in [-0.25, -0.2) is 0 Å². The second-order valence-corrected chi connectivity index (χ2v) is 4.24. The van der Waals surface area contributed by atoms with E-state index in [0.717, 1.165) is 4.88 Å². The molecular formula is C8H13NO2S. The standard InChI is InChI=1S/C8H13NO2S/c1-8(4-10,5-11)2-7-3-9-6-12-7/h3,6,10-11H,2,4-5H2,1H3. The summed E-state index contributed by atoms with van der Waals surface area (Å²) in [7, 11) is 0. The van der Waals surface area contributed by atoms with Crippen LogP contribution in [0.15, 0.2) is 11.7 Å². The highest BCUT2D eigenvalue weighted by Gasteiger charge is 2.23. The molecule has 4 heteroatoms. The molecule has 1 aromatic rings. The Hall–Kier alpha value is -0.450. The van der Waals surface area contributed by atoms with E-state index in [-0.39, 0.29) is 13.2 Å². The maximum Gasteiger partial charge on any atom is 0.0794 e. The molecule has 0 fully saturated rings. The van der Waals surface area contributed by atoms with Crippen molar-refractivity contribution in [3.63, 3.8) is 0 Å². The molecule has 0 aliphatic heterocycles. The number of nitrogens with zero attached hydrogens (tertiary/aromatic N) is 1.